The Morgan fingerprint density at radius 1 is 1.11 bits per heavy atom. The maximum Gasteiger partial charge on any atom is 0.243 e. The maximum absolute atomic E-state index is 12.7. The molecular weight excluding hydrogens is 344 g/mol. The van der Waals surface area contributed by atoms with Crippen LogP contribution in [0.4, 0.5) is 0 Å². The number of methoxy groups -OCH3 is 1. The first-order valence-corrected chi connectivity index (χ1v) is 8.87. The van der Waals surface area contributed by atoms with Crippen LogP contribution in [-0.4, -0.2) is 29.7 Å². The molecular formula is C21H21N2O4-. The van der Waals surface area contributed by atoms with Crippen molar-refractivity contribution in [2.24, 2.45) is 5.10 Å². The number of carbonyl (C=O) groups excluding carboxylic acids is 2. The molecule has 3 rings (SSSR count). The van der Waals surface area contributed by atoms with Crippen molar-refractivity contribution in [3.8, 4) is 5.75 Å². The number of ether oxygens (including phenoxy) is 1. The lowest BCUT2D eigenvalue weighted by atomic mass is 9.98. The Balaban J connectivity index is 1.83. The van der Waals surface area contributed by atoms with Crippen LogP contribution < -0.4 is 9.84 Å². The van der Waals surface area contributed by atoms with E-state index in [9.17, 15) is 14.7 Å². The minimum Gasteiger partial charge on any atom is -0.550 e. The van der Waals surface area contributed by atoms with Gasteiger partial charge >= 0.3 is 0 Å². The van der Waals surface area contributed by atoms with Gasteiger partial charge in [0.05, 0.1) is 18.9 Å². The van der Waals surface area contributed by atoms with Crippen LogP contribution in [0.2, 0.25) is 0 Å². The summed E-state index contributed by atoms with van der Waals surface area (Å²) in [4.78, 5) is 23.3. The highest BCUT2D eigenvalue weighted by Crippen LogP contribution is 2.34. The quantitative estimate of drug-likeness (QED) is 0.754. The molecule has 27 heavy (non-hydrogen) atoms. The van der Waals surface area contributed by atoms with Crippen LogP contribution in [0, 0.1) is 0 Å². The predicted octanol–water partition coefficient (Wildman–Crippen LogP) is 2.29. The van der Waals surface area contributed by atoms with Crippen LogP contribution in [0.3, 0.4) is 0 Å². The van der Waals surface area contributed by atoms with E-state index >= 15 is 0 Å². The standard InChI is InChI=1S/C21H22N2O4/c1-27-17-12-10-16(11-13-17)19-14-18(15-6-3-2-4-7-15)22-23(19)20(24)8-5-9-21(25)26/h2-4,6-7,10-13,19H,5,8-9,14H2,1H3,(H,25,26)/p-1/t19-/m1/s1. The van der Waals surface area contributed by atoms with Crippen molar-refractivity contribution in [1.82, 2.24) is 5.01 Å². The van der Waals surface area contributed by atoms with Crippen molar-refractivity contribution in [1.29, 1.82) is 0 Å². The summed E-state index contributed by atoms with van der Waals surface area (Å²) in [6.45, 7) is 0. The Morgan fingerprint density at radius 2 is 1.81 bits per heavy atom. The minimum absolute atomic E-state index is 0.117. The van der Waals surface area contributed by atoms with E-state index in [4.69, 9.17) is 4.74 Å². The van der Waals surface area contributed by atoms with Crippen molar-refractivity contribution in [3.05, 3.63) is 65.7 Å². The van der Waals surface area contributed by atoms with Crippen LogP contribution in [0.5, 0.6) is 5.75 Å². The molecule has 2 aromatic carbocycles. The number of hydrogen-bond acceptors (Lipinski definition) is 5. The third-order valence-electron chi connectivity index (χ3n) is 4.55. The van der Waals surface area contributed by atoms with Gasteiger partial charge in [-0.3, -0.25) is 4.79 Å². The molecule has 1 amide bonds. The molecule has 0 fully saturated rings. The topological polar surface area (TPSA) is 82.0 Å². The van der Waals surface area contributed by atoms with Gasteiger partial charge in [0, 0.05) is 18.8 Å². The van der Waals surface area contributed by atoms with E-state index in [1.165, 1.54) is 5.01 Å². The van der Waals surface area contributed by atoms with Crippen LogP contribution in [0.1, 0.15) is 42.9 Å². The number of carboxylic acid groups (broad SMARTS) is 1. The SMILES string of the molecule is COc1ccc([C@H]2CC(c3ccccc3)=NN2C(=O)CCCC(=O)[O-])cc1. The molecule has 0 spiro atoms. The van der Waals surface area contributed by atoms with E-state index in [1.54, 1.807) is 7.11 Å². The molecule has 0 radical (unpaired) electrons. The van der Waals surface area contributed by atoms with Gasteiger partial charge in [0.15, 0.2) is 0 Å². The monoisotopic (exact) mass is 365 g/mol. The second-order valence-corrected chi connectivity index (χ2v) is 6.37. The minimum atomic E-state index is -1.15. The molecule has 1 heterocycles. The third kappa shape index (κ3) is 4.53. The van der Waals surface area contributed by atoms with Crippen LogP contribution in [0.15, 0.2) is 59.7 Å². The molecule has 0 saturated carbocycles. The lowest BCUT2D eigenvalue weighted by molar-refractivity contribution is -0.305. The zero-order chi connectivity index (χ0) is 19.2. The summed E-state index contributed by atoms with van der Waals surface area (Å²) in [5.41, 5.74) is 2.77. The summed E-state index contributed by atoms with van der Waals surface area (Å²) in [5, 5.41) is 16.7. The van der Waals surface area contributed by atoms with Crippen molar-refractivity contribution >= 4 is 17.6 Å². The smallest absolute Gasteiger partial charge is 0.243 e. The zero-order valence-corrected chi connectivity index (χ0v) is 15.1. The molecule has 0 saturated heterocycles. The number of aliphatic carboxylic acids is 1. The molecule has 0 N–H and O–H groups in total. The normalized spacial score (nSPS) is 16.1. The Hall–Kier alpha value is -3.15. The summed E-state index contributed by atoms with van der Waals surface area (Å²) in [6, 6.07) is 17.1. The van der Waals surface area contributed by atoms with Gasteiger partial charge in [0.2, 0.25) is 5.91 Å². The van der Waals surface area contributed by atoms with Crippen LogP contribution >= 0.6 is 0 Å². The summed E-state index contributed by atoms with van der Waals surface area (Å²) in [5.74, 6) is -0.597. The van der Waals surface area contributed by atoms with Gasteiger partial charge in [0.1, 0.15) is 5.75 Å². The average molecular weight is 365 g/mol. The van der Waals surface area contributed by atoms with Crippen molar-refractivity contribution in [2.45, 2.75) is 31.7 Å². The number of hydrogen-bond donors (Lipinski definition) is 0. The van der Waals surface area contributed by atoms with Crippen LogP contribution in [-0.2, 0) is 9.59 Å². The number of hydrazone groups is 1. The number of amides is 1. The fourth-order valence-electron chi connectivity index (χ4n) is 3.13. The van der Waals surface area contributed by atoms with E-state index in [-0.39, 0.29) is 31.2 Å². The highest BCUT2D eigenvalue weighted by Gasteiger charge is 2.32. The van der Waals surface area contributed by atoms with E-state index in [2.05, 4.69) is 5.10 Å². The maximum atomic E-state index is 12.7. The van der Waals surface area contributed by atoms with Gasteiger partial charge in [-0.1, -0.05) is 42.5 Å². The van der Waals surface area contributed by atoms with Crippen molar-refractivity contribution < 1.29 is 19.4 Å². The van der Waals surface area contributed by atoms with E-state index < -0.39 is 5.97 Å². The molecule has 6 nitrogen and oxygen atoms in total. The summed E-state index contributed by atoms with van der Waals surface area (Å²) in [6.07, 6.45) is 0.819. The Bertz CT molecular complexity index is 831. The van der Waals surface area contributed by atoms with Crippen LogP contribution in [0.25, 0.3) is 0 Å². The molecule has 1 atom stereocenters. The fraction of sp³-hybridized carbons (Fsp3) is 0.286. The Labute approximate surface area is 158 Å². The van der Waals surface area contributed by atoms with Gasteiger partial charge in [-0.2, -0.15) is 5.10 Å². The van der Waals surface area contributed by atoms with Crippen molar-refractivity contribution in [2.75, 3.05) is 7.11 Å². The number of carbonyl (C=O) groups is 2. The second-order valence-electron chi connectivity index (χ2n) is 6.37. The van der Waals surface area contributed by atoms with Crippen molar-refractivity contribution in [3.63, 3.8) is 0 Å². The van der Waals surface area contributed by atoms with E-state index in [1.807, 2.05) is 54.6 Å². The Morgan fingerprint density at radius 3 is 2.44 bits per heavy atom. The third-order valence-corrected chi connectivity index (χ3v) is 4.55. The average Bonchev–Trinajstić information content (AvgIpc) is 3.14. The molecule has 1 aliphatic rings. The summed E-state index contributed by atoms with van der Waals surface area (Å²) in [7, 11) is 1.61. The zero-order valence-electron chi connectivity index (χ0n) is 15.1. The van der Waals surface area contributed by atoms with Gasteiger partial charge < -0.3 is 14.6 Å². The Kier molecular flexibility index (Phi) is 5.86. The molecule has 0 bridgehead atoms. The molecule has 6 heteroatoms. The first kappa shape index (κ1) is 18.6. The summed E-state index contributed by atoms with van der Waals surface area (Å²) < 4.78 is 5.20. The number of benzene rings is 2. The van der Waals surface area contributed by atoms with Gasteiger partial charge in [-0.05, 0) is 36.1 Å². The van der Waals surface area contributed by atoms with Gasteiger partial charge in [-0.25, -0.2) is 5.01 Å². The molecule has 140 valence electrons. The first-order chi connectivity index (χ1) is 13.1. The predicted molar refractivity (Wildman–Crippen MR) is 99.0 cm³/mol. The fourth-order valence-corrected chi connectivity index (χ4v) is 3.13. The molecule has 1 aliphatic heterocycles. The number of carboxylic acids is 1. The lowest BCUT2D eigenvalue weighted by Crippen LogP contribution is -2.28. The highest BCUT2D eigenvalue weighted by atomic mass is 16.5. The van der Waals surface area contributed by atoms with E-state index in [0.717, 1.165) is 22.6 Å². The van der Waals surface area contributed by atoms with Gasteiger partial charge in [0.25, 0.3) is 0 Å². The summed E-state index contributed by atoms with van der Waals surface area (Å²) >= 11 is 0. The highest BCUT2D eigenvalue weighted by molar-refractivity contribution is 6.03. The lowest BCUT2D eigenvalue weighted by Gasteiger charge is -2.22. The van der Waals surface area contributed by atoms with Gasteiger partial charge in [-0.15, -0.1) is 0 Å². The molecule has 0 aromatic heterocycles. The largest absolute Gasteiger partial charge is 0.550 e. The first-order valence-electron chi connectivity index (χ1n) is 8.87. The molecule has 0 unspecified atom stereocenters. The second kappa shape index (κ2) is 8.49. The van der Waals surface area contributed by atoms with E-state index in [0.29, 0.717) is 6.42 Å². The molecule has 2 aromatic rings. The number of nitrogens with zero attached hydrogens (tertiary/aromatic N) is 2. The molecule has 0 aliphatic carbocycles. The number of rotatable bonds is 7.